The molecule has 0 saturated carbocycles. The van der Waals surface area contributed by atoms with Crippen molar-refractivity contribution in [3.63, 3.8) is 0 Å². The minimum Gasteiger partial charge on any atom is -0.497 e. The smallest absolute Gasteiger partial charge is 0.123 e. The largest absolute Gasteiger partial charge is 0.497 e. The van der Waals surface area contributed by atoms with Crippen molar-refractivity contribution in [3.05, 3.63) is 23.8 Å². The standard InChI is InChI=1S/C14H23NO2/c1-4-11(5-2)10-17-14-7-12(9-15)6-13(8-14)16-3/h6-8,11H,4-5,9-10,15H2,1-3H3. The average Bonchev–Trinajstić information content (AvgIpc) is 2.39. The molecule has 3 heteroatoms. The fraction of sp³-hybridized carbons (Fsp3) is 0.571. The maximum atomic E-state index is 5.80. The maximum Gasteiger partial charge on any atom is 0.123 e. The first-order valence-electron chi connectivity index (χ1n) is 6.24. The highest BCUT2D eigenvalue weighted by Crippen LogP contribution is 2.23. The van der Waals surface area contributed by atoms with Gasteiger partial charge in [0.2, 0.25) is 0 Å². The van der Waals surface area contributed by atoms with Crippen LogP contribution in [0.2, 0.25) is 0 Å². The molecule has 1 rings (SSSR count). The first-order chi connectivity index (χ1) is 8.23. The Hall–Kier alpha value is -1.22. The zero-order valence-electron chi connectivity index (χ0n) is 11.0. The highest BCUT2D eigenvalue weighted by atomic mass is 16.5. The van der Waals surface area contributed by atoms with Gasteiger partial charge in [0.05, 0.1) is 13.7 Å². The lowest BCUT2D eigenvalue weighted by Crippen LogP contribution is -2.10. The van der Waals surface area contributed by atoms with Gasteiger partial charge in [-0.25, -0.2) is 0 Å². The van der Waals surface area contributed by atoms with Gasteiger partial charge in [-0.3, -0.25) is 0 Å². The molecule has 1 aromatic carbocycles. The molecule has 0 unspecified atom stereocenters. The molecule has 0 saturated heterocycles. The second kappa shape index (κ2) is 7.17. The second-order valence-electron chi connectivity index (χ2n) is 4.21. The van der Waals surface area contributed by atoms with Crippen molar-refractivity contribution in [2.24, 2.45) is 11.7 Å². The molecule has 0 spiro atoms. The van der Waals surface area contributed by atoms with E-state index in [-0.39, 0.29) is 0 Å². The van der Waals surface area contributed by atoms with Gasteiger partial charge < -0.3 is 15.2 Å². The quantitative estimate of drug-likeness (QED) is 0.793. The first kappa shape index (κ1) is 13.8. The zero-order valence-corrected chi connectivity index (χ0v) is 11.0. The lowest BCUT2D eigenvalue weighted by atomic mass is 10.1. The number of methoxy groups -OCH3 is 1. The summed E-state index contributed by atoms with van der Waals surface area (Å²) < 4.78 is 11.0. The predicted molar refractivity (Wildman–Crippen MR) is 70.5 cm³/mol. The third-order valence-electron chi connectivity index (χ3n) is 3.05. The molecule has 17 heavy (non-hydrogen) atoms. The fourth-order valence-corrected chi connectivity index (χ4v) is 1.69. The summed E-state index contributed by atoms with van der Waals surface area (Å²) in [6, 6.07) is 5.82. The van der Waals surface area contributed by atoms with Gasteiger partial charge in [0.25, 0.3) is 0 Å². The average molecular weight is 237 g/mol. The number of nitrogens with two attached hydrogens (primary N) is 1. The Morgan fingerprint density at radius 3 is 2.29 bits per heavy atom. The van der Waals surface area contributed by atoms with Crippen molar-refractivity contribution in [2.75, 3.05) is 13.7 Å². The Kier molecular flexibility index (Phi) is 5.84. The molecule has 0 fully saturated rings. The van der Waals surface area contributed by atoms with E-state index in [4.69, 9.17) is 15.2 Å². The van der Waals surface area contributed by atoms with Crippen LogP contribution in [-0.4, -0.2) is 13.7 Å². The third-order valence-corrected chi connectivity index (χ3v) is 3.05. The molecule has 2 N–H and O–H groups in total. The Morgan fingerprint density at radius 2 is 1.76 bits per heavy atom. The topological polar surface area (TPSA) is 44.5 Å². The van der Waals surface area contributed by atoms with E-state index < -0.39 is 0 Å². The summed E-state index contributed by atoms with van der Waals surface area (Å²) >= 11 is 0. The highest BCUT2D eigenvalue weighted by Gasteiger charge is 2.06. The molecule has 0 aromatic heterocycles. The molecule has 1 aromatic rings. The van der Waals surface area contributed by atoms with Gasteiger partial charge in [-0.1, -0.05) is 26.7 Å². The molecule has 0 heterocycles. The summed E-state index contributed by atoms with van der Waals surface area (Å²) in [6.45, 7) is 5.63. The molecule has 0 aliphatic rings. The van der Waals surface area contributed by atoms with Gasteiger partial charge in [0, 0.05) is 12.6 Å². The summed E-state index contributed by atoms with van der Waals surface area (Å²) in [4.78, 5) is 0. The van der Waals surface area contributed by atoms with Gasteiger partial charge in [0.15, 0.2) is 0 Å². The summed E-state index contributed by atoms with van der Waals surface area (Å²) in [6.07, 6.45) is 2.29. The maximum absolute atomic E-state index is 5.80. The van der Waals surface area contributed by atoms with Crippen LogP contribution in [0, 0.1) is 5.92 Å². The van der Waals surface area contributed by atoms with E-state index in [0.717, 1.165) is 36.5 Å². The molecule has 0 amide bonds. The molecular formula is C14H23NO2. The van der Waals surface area contributed by atoms with E-state index in [2.05, 4.69) is 13.8 Å². The van der Waals surface area contributed by atoms with Gasteiger partial charge in [-0.15, -0.1) is 0 Å². The molecule has 0 radical (unpaired) electrons. The van der Waals surface area contributed by atoms with Crippen molar-refractivity contribution in [3.8, 4) is 11.5 Å². The Labute approximate surface area is 104 Å². The van der Waals surface area contributed by atoms with Crippen LogP contribution in [0.5, 0.6) is 11.5 Å². The van der Waals surface area contributed by atoms with Crippen LogP contribution >= 0.6 is 0 Å². The molecular weight excluding hydrogens is 214 g/mol. The Morgan fingerprint density at radius 1 is 1.12 bits per heavy atom. The Bertz CT molecular complexity index is 313. The molecule has 96 valence electrons. The van der Waals surface area contributed by atoms with Crippen LogP contribution in [0.4, 0.5) is 0 Å². The fourth-order valence-electron chi connectivity index (χ4n) is 1.69. The van der Waals surface area contributed by atoms with Crippen LogP contribution < -0.4 is 15.2 Å². The summed E-state index contributed by atoms with van der Waals surface area (Å²) in [5, 5.41) is 0. The molecule has 0 aliphatic carbocycles. The highest BCUT2D eigenvalue weighted by molar-refractivity contribution is 5.38. The van der Waals surface area contributed by atoms with E-state index in [9.17, 15) is 0 Å². The molecule has 3 nitrogen and oxygen atoms in total. The van der Waals surface area contributed by atoms with Gasteiger partial charge in [0.1, 0.15) is 11.5 Å². The van der Waals surface area contributed by atoms with Crippen molar-refractivity contribution in [2.45, 2.75) is 33.2 Å². The number of benzene rings is 1. The number of ether oxygens (including phenoxy) is 2. The van der Waals surface area contributed by atoms with Crippen molar-refractivity contribution in [1.82, 2.24) is 0 Å². The number of hydrogen-bond acceptors (Lipinski definition) is 3. The molecule has 0 aliphatic heterocycles. The van der Waals surface area contributed by atoms with Crippen molar-refractivity contribution in [1.29, 1.82) is 0 Å². The summed E-state index contributed by atoms with van der Waals surface area (Å²) in [5.74, 6) is 2.26. The van der Waals surface area contributed by atoms with Crippen molar-refractivity contribution >= 4 is 0 Å². The van der Waals surface area contributed by atoms with Crippen LogP contribution in [-0.2, 0) is 6.54 Å². The van der Waals surface area contributed by atoms with E-state index in [1.165, 1.54) is 0 Å². The van der Waals surface area contributed by atoms with Crippen LogP contribution in [0.3, 0.4) is 0 Å². The van der Waals surface area contributed by atoms with E-state index in [1.807, 2.05) is 18.2 Å². The lowest BCUT2D eigenvalue weighted by molar-refractivity contribution is 0.239. The van der Waals surface area contributed by atoms with Crippen LogP contribution in [0.1, 0.15) is 32.3 Å². The van der Waals surface area contributed by atoms with Crippen LogP contribution in [0.25, 0.3) is 0 Å². The second-order valence-corrected chi connectivity index (χ2v) is 4.21. The minimum absolute atomic E-state index is 0.499. The Balaban J connectivity index is 2.69. The van der Waals surface area contributed by atoms with E-state index >= 15 is 0 Å². The third kappa shape index (κ3) is 4.27. The lowest BCUT2D eigenvalue weighted by Gasteiger charge is -2.15. The van der Waals surface area contributed by atoms with Gasteiger partial charge in [-0.2, -0.15) is 0 Å². The van der Waals surface area contributed by atoms with Gasteiger partial charge >= 0.3 is 0 Å². The molecule has 0 bridgehead atoms. The number of hydrogen-bond donors (Lipinski definition) is 1. The monoisotopic (exact) mass is 237 g/mol. The van der Waals surface area contributed by atoms with Crippen LogP contribution in [0.15, 0.2) is 18.2 Å². The summed E-state index contributed by atoms with van der Waals surface area (Å²) in [5.41, 5.74) is 6.67. The zero-order chi connectivity index (χ0) is 12.7. The summed E-state index contributed by atoms with van der Waals surface area (Å²) in [7, 11) is 1.65. The van der Waals surface area contributed by atoms with E-state index in [0.29, 0.717) is 12.5 Å². The predicted octanol–water partition coefficient (Wildman–Crippen LogP) is 2.97. The van der Waals surface area contributed by atoms with E-state index in [1.54, 1.807) is 7.11 Å². The SMILES string of the molecule is CCC(CC)COc1cc(CN)cc(OC)c1. The first-order valence-corrected chi connectivity index (χ1v) is 6.24. The van der Waals surface area contributed by atoms with Crippen molar-refractivity contribution < 1.29 is 9.47 Å². The minimum atomic E-state index is 0.499. The number of rotatable bonds is 7. The normalized spacial score (nSPS) is 10.6. The molecule has 0 atom stereocenters. The van der Waals surface area contributed by atoms with Gasteiger partial charge in [-0.05, 0) is 23.6 Å².